The van der Waals surface area contributed by atoms with Crippen molar-refractivity contribution in [2.45, 2.75) is 25.8 Å². The number of carbonyl (C=O) groups is 1. The first kappa shape index (κ1) is 13.4. The number of sulfone groups is 1. The second-order valence-electron chi connectivity index (χ2n) is 3.13. The third kappa shape index (κ3) is 6.85. The Morgan fingerprint density at radius 3 is 2.50 bits per heavy atom. The van der Waals surface area contributed by atoms with E-state index in [0.29, 0.717) is 19.4 Å². The highest BCUT2D eigenvalue weighted by Crippen LogP contribution is 1.99. The lowest BCUT2D eigenvalue weighted by atomic mass is 10.2. The monoisotopic (exact) mass is 223 g/mol. The van der Waals surface area contributed by atoms with Gasteiger partial charge in [-0.3, -0.25) is 4.79 Å². The molecule has 1 atom stereocenters. The lowest BCUT2D eigenvalue weighted by Crippen LogP contribution is -2.32. The van der Waals surface area contributed by atoms with Gasteiger partial charge in [0, 0.05) is 12.0 Å². The average Bonchev–Trinajstić information content (AvgIpc) is 2.02. The first-order valence-corrected chi connectivity index (χ1v) is 6.53. The minimum absolute atomic E-state index is 0.0557. The van der Waals surface area contributed by atoms with Gasteiger partial charge in [0.05, 0.1) is 6.61 Å². The summed E-state index contributed by atoms with van der Waals surface area (Å²) in [7, 11) is -2.97. The van der Waals surface area contributed by atoms with Gasteiger partial charge in [0.25, 0.3) is 0 Å². The van der Waals surface area contributed by atoms with Crippen molar-refractivity contribution in [3.8, 4) is 0 Å². The highest BCUT2D eigenvalue weighted by Gasteiger charge is 2.14. The van der Waals surface area contributed by atoms with Gasteiger partial charge in [0.15, 0.2) is 0 Å². The summed E-state index contributed by atoms with van der Waals surface area (Å²) in [6, 6.07) is -0.711. The number of esters is 1. The molecular formula is C8H17NO4S. The van der Waals surface area contributed by atoms with Gasteiger partial charge >= 0.3 is 5.97 Å². The van der Waals surface area contributed by atoms with Gasteiger partial charge in [-0.2, -0.15) is 0 Å². The lowest BCUT2D eigenvalue weighted by molar-refractivity contribution is -0.144. The van der Waals surface area contributed by atoms with Crippen molar-refractivity contribution in [1.82, 2.24) is 0 Å². The Balaban J connectivity index is 3.74. The van der Waals surface area contributed by atoms with E-state index in [0.717, 1.165) is 6.26 Å². The topological polar surface area (TPSA) is 86.5 Å². The van der Waals surface area contributed by atoms with Crippen LogP contribution in [0.25, 0.3) is 0 Å². The second kappa shape index (κ2) is 5.98. The van der Waals surface area contributed by atoms with E-state index in [1.165, 1.54) is 0 Å². The van der Waals surface area contributed by atoms with E-state index in [1.54, 1.807) is 6.92 Å². The molecule has 0 aromatic carbocycles. The summed E-state index contributed by atoms with van der Waals surface area (Å²) in [4.78, 5) is 11.0. The zero-order valence-electron chi connectivity index (χ0n) is 8.52. The van der Waals surface area contributed by atoms with Crippen LogP contribution in [0.3, 0.4) is 0 Å². The molecule has 0 bridgehead atoms. The standard InChI is InChI=1S/C8H17NO4S/c1-3-13-8(10)7(9)5-4-6-14(2,11)12/h7H,3-6,9H2,1-2H3. The van der Waals surface area contributed by atoms with Gasteiger partial charge < -0.3 is 10.5 Å². The number of carbonyl (C=O) groups excluding carboxylic acids is 1. The van der Waals surface area contributed by atoms with Crippen LogP contribution in [0.5, 0.6) is 0 Å². The van der Waals surface area contributed by atoms with E-state index in [2.05, 4.69) is 4.74 Å². The number of rotatable bonds is 6. The summed E-state index contributed by atoms with van der Waals surface area (Å²) in [5, 5.41) is 0. The minimum Gasteiger partial charge on any atom is -0.465 e. The molecule has 0 aliphatic heterocycles. The lowest BCUT2D eigenvalue weighted by Gasteiger charge is -2.09. The van der Waals surface area contributed by atoms with Crippen molar-refractivity contribution < 1.29 is 17.9 Å². The highest BCUT2D eigenvalue weighted by atomic mass is 32.2. The van der Waals surface area contributed by atoms with Gasteiger partial charge in [-0.1, -0.05) is 0 Å². The summed E-state index contributed by atoms with van der Waals surface area (Å²) in [5.74, 6) is -0.416. The number of hydrogen-bond donors (Lipinski definition) is 1. The van der Waals surface area contributed by atoms with Crippen molar-refractivity contribution in [2.24, 2.45) is 5.73 Å². The molecule has 14 heavy (non-hydrogen) atoms. The molecular weight excluding hydrogens is 206 g/mol. The molecule has 0 spiro atoms. The average molecular weight is 223 g/mol. The van der Waals surface area contributed by atoms with Gasteiger partial charge in [-0.25, -0.2) is 8.42 Å². The molecule has 0 aliphatic carbocycles. The Labute approximate surface area is 84.5 Å². The van der Waals surface area contributed by atoms with Crippen molar-refractivity contribution in [2.75, 3.05) is 18.6 Å². The molecule has 0 aliphatic rings. The Morgan fingerprint density at radius 1 is 1.50 bits per heavy atom. The third-order valence-corrected chi connectivity index (χ3v) is 2.65. The van der Waals surface area contributed by atoms with Crippen molar-refractivity contribution >= 4 is 15.8 Å². The Hall–Kier alpha value is -0.620. The van der Waals surface area contributed by atoms with Crippen LogP contribution < -0.4 is 5.73 Å². The summed E-state index contributed by atoms with van der Waals surface area (Å²) < 4.78 is 26.2. The van der Waals surface area contributed by atoms with Crippen molar-refractivity contribution in [3.63, 3.8) is 0 Å². The fourth-order valence-corrected chi connectivity index (χ4v) is 1.62. The van der Waals surface area contributed by atoms with Crippen LogP contribution >= 0.6 is 0 Å². The van der Waals surface area contributed by atoms with Crippen LogP contribution in [0.2, 0.25) is 0 Å². The molecule has 0 rings (SSSR count). The van der Waals surface area contributed by atoms with Gasteiger partial charge in [0.2, 0.25) is 0 Å². The minimum atomic E-state index is -2.97. The van der Waals surface area contributed by atoms with Crippen LogP contribution in [0.4, 0.5) is 0 Å². The highest BCUT2D eigenvalue weighted by molar-refractivity contribution is 7.90. The normalized spacial score (nSPS) is 13.6. The van der Waals surface area contributed by atoms with E-state index < -0.39 is 21.8 Å². The number of nitrogens with two attached hydrogens (primary N) is 1. The molecule has 0 aromatic rings. The molecule has 2 N–H and O–H groups in total. The maximum Gasteiger partial charge on any atom is 0.322 e. The Morgan fingerprint density at radius 2 is 2.07 bits per heavy atom. The SMILES string of the molecule is CCOC(=O)C(N)CCCS(C)(=O)=O. The number of ether oxygens (including phenoxy) is 1. The van der Waals surface area contributed by atoms with E-state index >= 15 is 0 Å². The molecule has 1 unspecified atom stereocenters. The molecule has 6 heteroatoms. The predicted molar refractivity (Wildman–Crippen MR) is 53.6 cm³/mol. The molecule has 0 fully saturated rings. The second-order valence-corrected chi connectivity index (χ2v) is 5.39. The van der Waals surface area contributed by atoms with Crippen molar-refractivity contribution in [3.05, 3.63) is 0 Å². The number of hydrogen-bond acceptors (Lipinski definition) is 5. The largest absolute Gasteiger partial charge is 0.465 e. The zero-order valence-corrected chi connectivity index (χ0v) is 9.34. The van der Waals surface area contributed by atoms with Crippen LogP contribution in [0, 0.1) is 0 Å². The summed E-state index contributed by atoms with van der Waals surface area (Å²) in [5.41, 5.74) is 5.46. The summed E-state index contributed by atoms with van der Waals surface area (Å²) in [6.07, 6.45) is 1.88. The van der Waals surface area contributed by atoms with Gasteiger partial charge in [-0.05, 0) is 19.8 Å². The fraction of sp³-hybridized carbons (Fsp3) is 0.875. The molecule has 84 valence electrons. The Kier molecular flexibility index (Phi) is 5.71. The third-order valence-electron chi connectivity index (χ3n) is 1.62. The van der Waals surface area contributed by atoms with Crippen molar-refractivity contribution in [1.29, 1.82) is 0 Å². The molecule has 0 saturated carbocycles. The molecule has 0 amide bonds. The van der Waals surface area contributed by atoms with Crippen LogP contribution in [-0.2, 0) is 19.4 Å². The molecule has 5 nitrogen and oxygen atoms in total. The van der Waals surface area contributed by atoms with E-state index in [4.69, 9.17) is 5.73 Å². The van der Waals surface area contributed by atoms with Crippen LogP contribution in [0.1, 0.15) is 19.8 Å². The maximum atomic E-state index is 11.0. The van der Waals surface area contributed by atoms with E-state index in [1.807, 2.05) is 0 Å². The first-order valence-electron chi connectivity index (χ1n) is 4.46. The molecule has 0 radical (unpaired) electrons. The summed E-state index contributed by atoms with van der Waals surface area (Å²) in [6.45, 7) is 1.99. The quantitative estimate of drug-likeness (QED) is 0.625. The first-order chi connectivity index (χ1) is 6.37. The van der Waals surface area contributed by atoms with E-state index in [-0.39, 0.29) is 5.75 Å². The summed E-state index contributed by atoms with van der Waals surface area (Å²) >= 11 is 0. The van der Waals surface area contributed by atoms with E-state index in [9.17, 15) is 13.2 Å². The zero-order chi connectivity index (χ0) is 11.2. The van der Waals surface area contributed by atoms with Crippen LogP contribution in [0.15, 0.2) is 0 Å². The fourth-order valence-electron chi connectivity index (χ4n) is 0.933. The molecule has 0 heterocycles. The smallest absolute Gasteiger partial charge is 0.322 e. The van der Waals surface area contributed by atoms with Crippen LogP contribution in [-0.4, -0.2) is 39.0 Å². The van der Waals surface area contributed by atoms with Gasteiger partial charge in [0.1, 0.15) is 15.9 Å². The maximum absolute atomic E-state index is 11.0. The molecule has 0 saturated heterocycles. The molecule has 0 aromatic heterocycles. The van der Waals surface area contributed by atoms with Gasteiger partial charge in [-0.15, -0.1) is 0 Å². The Bertz CT molecular complexity index is 273. The predicted octanol–water partition coefficient (Wildman–Crippen LogP) is -0.298.